The summed E-state index contributed by atoms with van der Waals surface area (Å²) in [5.74, 6) is 7.08. The highest BCUT2D eigenvalue weighted by Crippen LogP contribution is 2.30. The maximum atomic E-state index is 5.58. The lowest BCUT2D eigenvalue weighted by Gasteiger charge is -2.25. The minimum atomic E-state index is -0.259. The third-order valence-corrected chi connectivity index (χ3v) is 3.77. The van der Waals surface area contributed by atoms with Crippen LogP contribution in [0.3, 0.4) is 0 Å². The zero-order valence-electron chi connectivity index (χ0n) is 12.6. The van der Waals surface area contributed by atoms with E-state index in [-0.39, 0.29) is 5.41 Å². The van der Waals surface area contributed by atoms with Crippen LogP contribution in [0, 0.1) is 6.92 Å². The molecule has 1 aromatic carbocycles. The highest BCUT2D eigenvalue weighted by molar-refractivity contribution is 5.46. The van der Waals surface area contributed by atoms with Crippen molar-refractivity contribution in [3.63, 3.8) is 0 Å². The Bertz CT molecular complexity index is 566. The molecule has 0 aliphatic rings. The smallest absolute Gasteiger partial charge is 0.146 e. The molecule has 20 heavy (non-hydrogen) atoms. The third kappa shape index (κ3) is 2.51. The minimum Gasteiger partial charge on any atom is -0.308 e. The average molecular weight is 270 g/mol. The van der Waals surface area contributed by atoms with Gasteiger partial charge in [0.05, 0.1) is 0 Å². The maximum absolute atomic E-state index is 5.58. The molecular formula is C16H22N4. The highest BCUT2D eigenvalue weighted by atomic mass is 15.3. The molecule has 0 unspecified atom stereocenters. The van der Waals surface area contributed by atoms with Crippen LogP contribution in [0.15, 0.2) is 30.3 Å². The molecule has 106 valence electrons. The first-order valence-electron chi connectivity index (χ1n) is 6.90. The highest BCUT2D eigenvalue weighted by Gasteiger charge is 2.27. The van der Waals surface area contributed by atoms with Crippen molar-refractivity contribution in [3.8, 4) is 0 Å². The van der Waals surface area contributed by atoms with Crippen molar-refractivity contribution in [2.75, 3.05) is 5.43 Å². The van der Waals surface area contributed by atoms with Gasteiger partial charge in [0.25, 0.3) is 0 Å². The summed E-state index contributed by atoms with van der Waals surface area (Å²) in [5.41, 5.74) is 5.66. The fraction of sp³-hybridized carbons (Fsp3) is 0.375. The fourth-order valence-electron chi connectivity index (χ4n) is 2.31. The van der Waals surface area contributed by atoms with E-state index in [1.165, 1.54) is 5.56 Å². The standard InChI is InChI=1S/C16H22N4/c1-5-13-11(2)14(20-17)19-15(18-13)16(3,4)12-9-7-6-8-10-12/h6-10H,5,17H2,1-4H3,(H,18,19,20). The Labute approximate surface area is 120 Å². The number of hydrogen-bond donors (Lipinski definition) is 2. The molecular weight excluding hydrogens is 248 g/mol. The molecule has 2 aromatic rings. The molecule has 0 bridgehead atoms. The summed E-state index contributed by atoms with van der Waals surface area (Å²) in [6, 6.07) is 10.3. The van der Waals surface area contributed by atoms with E-state index < -0.39 is 0 Å². The number of nitrogen functional groups attached to an aromatic ring is 1. The van der Waals surface area contributed by atoms with Crippen LogP contribution in [0.5, 0.6) is 0 Å². The molecule has 1 aromatic heterocycles. The van der Waals surface area contributed by atoms with Crippen LogP contribution >= 0.6 is 0 Å². The van der Waals surface area contributed by atoms with Gasteiger partial charge < -0.3 is 5.43 Å². The van der Waals surface area contributed by atoms with Crippen molar-refractivity contribution in [2.24, 2.45) is 5.84 Å². The van der Waals surface area contributed by atoms with Gasteiger partial charge in [0, 0.05) is 16.7 Å². The summed E-state index contributed by atoms with van der Waals surface area (Å²) in [5, 5.41) is 0. The number of hydrazine groups is 1. The Balaban J connectivity index is 2.57. The van der Waals surface area contributed by atoms with Gasteiger partial charge in [0.1, 0.15) is 11.6 Å². The van der Waals surface area contributed by atoms with Crippen molar-refractivity contribution in [2.45, 2.75) is 39.5 Å². The SMILES string of the molecule is CCc1nc(C(C)(C)c2ccccc2)nc(NN)c1C. The fourth-order valence-corrected chi connectivity index (χ4v) is 2.31. The van der Waals surface area contributed by atoms with Crippen molar-refractivity contribution in [3.05, 3.63) is 53.0 Å². The molecule has 0 aliphatic carbocycles. The lowest BCUT2D eigenvalue weighted by molar-refractivity contribution is 0.585. The van der Waals surface area contributed by atoms with Gasteiger partial charge in [-0.15, -0.1) is 0 Å². The lowest BCUT2D eigenvalue weighted by Crippen LogP contribution is -2.25. The molecule has 3 N–H and O–H groups in total. The van der Waals surface area contributed by atoms with Crippen LogP contribution in [0.2, 0.25) is 0 Å². The molecule has 0 saturated heterocycles. The number of nitrogens with one attached hydrogen (secondary N) is 1. The minimum absolute atomic E-state index is 0.259. The number of benzene rings is 1. The Kier molecular flexibility index (Phi) is 4.04. The van der Waals surface area contributed by atoms with Crippen molar-refractivity contribution in [1.82, 2.24) is 9.97 Å². The second-order valence-electron chi connectivity index (χ2n) is 5.46. The Morgan fingerprint density at radius 3 is 2.35 bits per heavy atom. The molecule has 0 saturated carbocycles. The van der Waals surface area contributed by atoms with Crippen LogP contribution in [-0.4, -0.2) is 9.97 Å². The monoisotopic (exact) mass is 270 g/mol. The van der Waals surface area contributed by atoms with Gasteiger partial charge in [0.2, 0.25) is 0 Å². The largest absolute Gasteiger partial charge is 0.308 e. The first-order chi connectivity index (χ1) is 9.50. The van der Waals surface area contributed by atoms with E-state index in [0.29, 0.717) is 5.82 Å². The molecule has 4 heteroatoms. The van der Waals surface area contributed by atoms with Crippen molar-refractivity contribution in [1.29, 1.82) is 0 Å². The van der Waals surface area contributed by atoms with Crippen LogP contribution in [0.1, 0.15) is 43.4 Å². The molecule has 0 aliphatic heterocycles. The van der Waals surface area contributed by atoms with Gasteiger partial charge >= 0.3 is 0 Å². The molecule has 0 atom stereocenters. The summed E-state index contributed by atoms with van der Waals surface area (Å²) in [6.07, 6.45) is 0.862. The number of aromatic nitrogens is 2. The summed E-state index contributed by atoms with van der Waals surface area (Å²) in [7, 11) is 0. The zero-order chi connectivity index (χ0) is 14.8. The molecule has 0 radical (unpaired) electrons. The number of hydrogen-bond acceptors (Lipinski definition) is 4. The van der Waals surface area contributed by atoms with Gasteiger partial charge in [-0.25, -0.2) is 15.8 Å². The van der Waals surface area contributed by atoms with Gasteiger partial charge in [-0.05, 0) is 32.8 Å². The van der Waals surface area contributed by atoms with Gasteiger partial charge in [-0.2, -0.15) is 0 Å². The molecule has 1 heterocycles. The van der Waals surface area contributed by atoms with Gasteiger partial charge in [-0.3, -0.25) is 0 Å². The normalized spacial score (nSPS) is 11.4. The third-order valence-electron chi connectivity index (χ3n) is 3.77. The summed E-state index contributed by atoms with van der Waals surface area (Å²) in [4.78, 5) is 9.34. The Morgan fingerprint density at radius 1 is 1.15 bits per heavy atom. The van der Waals surface area contributed by atoms with Gasteiger partial charge in [0.15, 0.2) is 0 Å². The molecule has 2 rings (SSSR count). The second-order valence-corrected chi connectivity index (χ2v) is 5.46. The molecule has 0 amide bonds. The number of anilines is 1. The first kappa shape index (κ1) is 14.5. The quantitative estimate of drug-likeness (QED) is 0.662. The predicted molar refractivity (Wildman–Crippen MR) is 82.5 cm³/mol. The van der Waals surface area contributed by atoms with Crippen molar-refractivity contribution < 1.29 is 0 Å². The molecule has 0 fully saturated rings. The number of nitrogens with zero attached hydrogens (tertiary/aromatic N) is 2. The second kappa shape index (κ2) is 5.59. The average Bonchev–Trinajstić information content (AvgIpc) is 2.48. The number of nitrogens with two attached hydrogens (primary N) is 1. The van der Waals surface area contributed by atoms with Crippen LogP contribution in [-0.2, 0) is 11.8 Å². The van der Waals surface area contributed by atoms with E-state index in [9.17, 15) is 0 Å². The summed E-state index contributed by atoms with van der Waals surface area (Å²) in [6.45, 7) is 8.35. The Morgan fingerprint density at radius 2 is 1.80 bits per heavy atom. The molecule has 4 nitrogen and oxygen atoms in total. The Hall–Kier alpha value is -1.94. The predicted octanol–water partition coefficient (Wildman–Crippen LogP) is 2.96. The molecule has 0 spiro atoms. The van der Waals surface area contributed by atoms with E-state index in [0.717, 1.165) is 23.5 Å². The topological polar surface area (TPSA) is 63.8 Å². The maximum Gasteiger partial charge on any atom is 0.146 e. The van der Waals surface area contributed by atoms with Crippen LogP contribution in [0.25, 0.3) is 0 Å². The summed E-state index contributed by atoms with van der Waals surface area (Å²) >= 11 is 0. The van der Waals surface area contributed by atoms with Crippen molar-refractivity contribution >= 4 is 5.82 Å². The zero-order valence-corrected chi connectivity index (χ0v) is 12.6. The van der Waals surface area contributed by atoms with E-state index in [4.69, 9.17) is 10.8 Å². The van der Waals surface area contributed by atoms with E-state index >= 15 is 0 Å². The van der Waals surface area contributed by atoms with E-state index in [2.05, 4.69) is 43.3 Å². The number of rotatable bonds is 4. The van der Waals surface area contributed by atoms with Crippen LogP contribution in [0.4, 0.5) is 5.82 Å². The number of aryl methyl sites for hydroxylation is 1. The van der Waals surface area contributed by atoms with E-state index in [1.54, 1.807) is 0 Å². The van der Waals surface area contributed by atoms with Gasteiger partial charge in [-0.1, -0.05) is 37.3 Å². The first-order valence-corrected chi connectivity index (χ1v) is 6.90. The lowest BCUT2D eigenvalue weighted by atomic mass is 9.83. The van der Waals surface area contributed by atoms with Crippen LogP contribution < -0.4 is 11.3 Å². The van der Waals surface area contributed by atoms with E-state index in [1.807, 2.05) is 25.1 Å². The summed E-state index contributed by atoms with van der Waals surface area (Å²) < 4.78 is 0.